The van der Waals surface area contributed by atoms with Crippen LogP contribution in [-0.2, 0) is 4.79 Å². The first kappa shape index (κ1) is 12.9. The fraction of sp³-hybridized carbons (Fsp3) is 0.0769. The van der Waals surface area contributed by atoms with Gasteiger partial charge in [-0.05, 0) is 30.3 Å². The molecule has 0 aliphatic rings. The number of hydrogen-bond acceptors (Lipinski definition) is 3. The Morgan fingerprint density at radius 3 is 2.78 bits per heavy atom. The zero-order valence-corrected chi connectivity index (χ0v) is 11.0. The summed E-state index contributed by atoms with van der Waals surface area (Å²) in [6, 6.07) is 10.8. The first-order chi connectivity index (χ1) is 8.74. The molecule has 0 fully saturated rings. The molecule has 0 aliphatic carbocycles. The van der Waals surface area contributed by atoms with Crippen LogP contribution in [-0.4, -0.2) is 16.6 Å². The van der Waals surface area contributed by atoms with Crippen LogP contribution in [0.25, 0.3) is 0 Å². The molecule has 0 saturated heterocycles. The van der Waals surface area contributed by atoms with Gasteiger partial charge in [-0.2, -0.15) is 0 Å². The Morgan fingerprint density at radius 2 is 2.06 bits per heavy atom. The summed E-state index contributed by atoms with van der Waals surface area (Å²) in [6.45, 7) is 0. The molecule has 3 nitrogen and oxygen atoms in total. The monoisotopic (exact) mass is 278 g/mol. The first-order valence-corrected chi connectivity index (χ1v) is 6.68. The van der Waals surface area contributed by atoms with Crippen LogP contribution in [0.2, 0.25) is 5.02 Å². The second-order valence-electron chi connectivity index (χ2n) is 3.53. The Kier molecular flexibility index (Phi) is 4.61. The maximum Gasteiger partial charge on any atom is 0.234 e. The molecule has 1 aromatic carbocycles. The summed E-state index contributed by atoms with van der Waals surface area (Å²) in [6.07, 6.45) is 3.41. The summed E-state index contributed by atoms with van der Waals surface area (Å²) >= 11 is 7.30. The minimum absolute atomic E-state index is 0.0564. The van der Waals surface area contributed by atoms with Crippen molar-refractivity contribution < 1.29 is 4.79 Å². The quantitative estimate of drug-likeness (QED) is 0.871. The van der Waals surface area contributed by atoms with E-state index in [1.807, 2.05) is 12.1 Å². The molecule has 0 spiro atoms. The molecule has 2 aromatic rings. The number of amides is 1. The third-order valence-corrected chi connectivity index (χ3v) is 3.38. The molecule has 0 unspecified atom stereocenters. The Bertz CT molecular complexity index is 534. The van der Waals surface area contributed by atoms with Crippen molar-refractivity contribution in [1.82, 2.24) is 4.98 Å². The van der Waals surface area contributed by atoms with Crippen LogP contribution in [0.4, 0.5) is 5.69 Å². The van der Waals surface area contributed by atoms with Crippen molar-refractivity contribution in [2.75, 3.05) is 11.1 Å². The van der Waals surface area contributed by atoms with Crippen molar-refractivity contribution in [3.63, 3.8) is 0 Å². The Balaban J connectivity index is 1.86. The van der Waals surface area contributed by atoms with Crippen molar-refractivity contribution >= 4 is 35.0 Å². The van der Waals surface area contributed by atoms with Gasteiger partial charge in [0, 0.05) is 28.0 Å². The number of benzene rings is 1. The van der Waals surface area contributed by atoms with E-state index in [1.54, 1.807) is 36.7 Å². The van der Waals surface area contributed by atoms with E-state index in [-0.39, 0.29) is 5.91 Å². The lowest BCUT2D eigenvalue weighted by Crippen LogP contribution is -2.13. The van der Waals surface area contributed by atoms with Gasteiger partial charge < -0.3 is 5.32 Å². The number of aromatic nitrogens is 1. The van der Waals surface area contributed by atoms with Crippen LogP contribution < -0.4 is 5.32 Å². The standard InChI is InChI=1S/C13H11ClN2OS/c14-10-2-1-3-11(8-10)16-13(17)9-18-12-4-6-15-7-5-12/h1-8H,9H2,(H,16,17). The van der Waals surface area contributed by atoms with Crippen LogP contribution in [0.3, 0.4) is 0 Å². The van der Waals surface area contributed by atoms with Gasteiger partial charge in [0.05, 0.1) is 5.75 Å². The molecule has 92 valence electrons. The number of thioether (sulfide) groups is 1. The van der Waals surface area contributed by atoms with Gasteiger partial charge in [0.2, 0.25) is 5.91 Å². The van der Waals surface area contributed by atoms with Gasteiger partial charge in [0.1, 0.15) is 0 Å². The zero-order valence-electron chi connectivity index (χ0n) is 9.47. The molecule has 1 aromatic heterocycles. The van der Waals surface area contributed by atoms with Crippen LogP contribution in [0, 0.1) is 0 Å². The number of carbonyl (C=O) groups excluding carboxylic acids is 1. The van der Waals surface area contributed by atoms with E-state index in [4.69, 9.17) is 11.6 Å². The van der Waals surface area contributed by atoms with Gasteiger partial charge in [0.25, 0.3) is 0 Å². The smallest absolute Gasteiger partial charge is 0.234 e. The lowest BCUT2D eigenvalue weighted by Gasteiger charge is -2.05. The molecule has 5 heteroatoms. The summed E-state index contributed by atoms with van der Waals surface area (Å²) in [7, 11) is 0. The molecule has 0 radical (unpaired) electrons. The van der Waals surface area contributed by atoms with Crippen LogP contribution in [0.15, 0.2) is 53.7 Å². The Labute approximate surface area is 115 Å². The minimum Gasteiger partial charge on any atom is -0.325 e. The lowest BCUT2D eigenvalue weighted by molar-refractivity contribution is -0.113. The highest BCUT2D eigenvalue weighted by atomic mass is 35.5. The van der Waals surface area contributed by atoms with Crippen LogP contribution in [0.1, 0.15) is 0 Å². The molecular formula is C13H11ClN2OS. The lowest BCUT2D eigenvalue weighted by atomic mass is 10.3. The highest BCUT2D eigenvalue weighted by Crippen LogP contribution is 2.18. The number of rotatable bonds is 4. The number of carbonyl (C=O) groups is 1. The molecule has 1 N–H and O–H groups in total. The van der Waals surface area contributed by atoms with E-state index in [0.29, 0.717) is 16.5 Å². The maximum absolute atomic E-state index is 11.7. The summed E-state index contributed by atoms with van der Waals surface area (Å²) in [5.74, 6) is 0.301. The number of nitrogens with one attached hydrogen (secondary N) is 1. The fourth-order valence-electron chi connectivity index (χ4n) is 1.35. The predicted molar refractivity (Wildman–Crippen MR) is 75.0 cm³/mol. The molecule has 0 saturated carbocycles. The molecule has 1 amide bonds. The number of halogens is 1. The van der Waals surface area contributed by atoms with E-state index in [0.717, 1.165) is 4.90 Å². The molecule has 0 bridgehead atoms. The van der Waals surface area contributed by atoms with E-state index in [1.165, 1.54) is 11.8 Å². The van der Waals surface area contributed by atoms with Crippen molar-refractivity contribution in [2.45, 2.75) is 4.90 Å². The Morgan fingerprint density at radius 1 is 1.28 bits per heavy atom. The number of anilines is 1. The summed E-state index contributed by atoms with van der Waals surface area (Å²) < 4.78 is 0. The van der Waals surface area contributed by atoms with Gasteiger partial charge >= 0.3 is 0 Å². The minimum atomic E-state index is -0.0564. The van der Waals surface area contributed by atoms with Gasteiger partial charge in [-0.15, -0.1) is 11.8 Å². The molecule has 1 heterocycles. The van der Waals surface area contributed by atoms with Crippen molar-refractivity contribution in [2.24, 2.45) is 0 Å². The third kappa shape index (κ3) is 4.05. The van der Waals surface area contributed by atoms with E-state index >= 15 is 0 Å². The SMILES string of the molecule is O=C(CSc1ccncc1)Nc1cccc(Cl)c1. The molecule has 0 aliphatic heterocycles. The number of hydrogen-bond donors (Lipinski definition) is 1. The largest absolute Gasteiger partial charge is 0.325 e. The van der Waals surface area contributed by atoms with Crippen molar-refractivity contribution in [1.29, 1.82) is 0 Å². The van der Waals surface area contributed by atoms with Gasteiger partial charge in [-0.1, -0.05) is 17.7 Å². The Hall–Kier alpha value is -1.52. The normalized spacial score (nSPS) is 10.1. The molecule has 0 atom stereocenters. The number of pyridine rings is 1. The highest BCUT2D eigenvalue weighted by Gasteiger charge is 2.03. The third-order valence-electron chi connectivity index (χ3n) is 2.13. The average molecular weight is 279 g/mol. The molecule has 2 rings (SSSR count). The summed E-state index contributed by atoms with van der Waals surface area (Å²) in [5, 5.41) is 3.40. The topological polar surface area (TPSA) is 42.0 Å². The van der Waals surface area contributed by atoms with Crippen molar-refractivity contribution in [3.8, 4) is 0 Å². The van der Waals surface area contributed by atoms with Gasteiger partial charge in [-0.25, -0.2) is 0 Å². The van der Waals surface area contributed by atoms with Crippen molar-refractivity contribution in [3.05, 3.63) is 53.8 Å². The number of nitrogens with zero attached hydrogens (tertiary/aromatic N) is 1. The second kappa shape index (κ2) is 6.42. The maximum atomic E-state index is 11.7. The van der Waals surface area contributed by atoms with Crippen LogP contribution >= 0.6 is 23.4 Å². The van der Waals surface area contributed by atoms with Crippen LogP contribution in [0.5, 0.6) is 0 Å². The zero-order chi connectivity index (χ0) is 12.8. The highest BCUT2D eigenvalue weighted by molar-refractivity contribution is 8.00. The first-order valence-electron chi connectivity index (χ1n) is 5.32. The van der Waals surface area contributed by atoms with Gasteiger partial charge in [0.15, 0.2) is 0 Å². The van der Waals surface area contributed by atoms with E-state index in [9.17, 15) is 4.79 Å². The second-order valence-corrected chi connectivity index (χ2v) is 5.02. The van der Waals surface area contributed by atoms with E-state index in [2.05, 4.69) is 10.3 Å². The van der Waals surface area contributed by atoms with Gasteiger partial charge in [-0.3, -0.25) is 9.78 Å². The fourth-order valence-corrected chi connectivity index (χ4v) is 2.22. The molecule has 18 heavy (non-hydrogen) atoms. The van der Waals surface area contributed by atoms with E-state index < -0.39 is 0 Å². The average Bonchev–Trinajstić information content (AvgIpc) is 2.38. The predicted octanol–water partition coefficient (Wildman–Crippen LogP) is 3.47. The summed E-state index contributed by atoms with van der Waals surface area (Å²) in [4.78, 5) is 16.6. The molecular weight excluding hydrogens is 268 g/mol. The summed E-state index contributed by atoms with van der Waals surface area (Å²) in [5.41, 5.74) is 0.711.